The SMILES string of the molecule is COC(=O)CCN(C)C(=O)NCC1CCCC1C(=O)O. The molecule has 20 heavy (non-hydrogen) atoms. The van der Waals surface area contributed by atoms with Gasteiger partial charge in [0.25, 0.3) is 0 Å². The first-order valence-corrected chi connectivity index (χ1v) is 6.74. The summed E-state index contributed by atoms with van der Waals surface area (Å²) in [6.45, 7) is 0.629. The molecule has 0 aliphatic heterocycles. The third-order valence-electron chi connectivity index (χ3n) is 3.72. The Bertz CT molecular complexity index is 372. The summed E-state index contributed by atoms with van der Waals surface area (Å²) in [7, 11) is 2.89. The van der Waals surface area contributed by atoms with E-state index in [0.29, 0.717) is 13.0 Å². The fourth-order valence-corrected chi connectivity index (χ4v) is 2.42. The maximum absolute atomic E-state index is 11.8. The molecular weight excluding hydrogens is 264 g/mol. The summed E-state index contributed by atoms with van der Waals surface area (Å²) in [5.74, 6) is -1.53. The number of methoxy groups -OCH3 is 1. The molecule has 1 aliphatic rings. The molecule has 0 radical (unpaired) electrons. The lowest BCUT2D eigenvalue weighted by Gasteiger charge is -2.20. The minimum Gasteiger partial charge on any atom is -0.481 e. The molecule has 2 atom stereocenters. The molecule has 7 heteroatoms. The Labute approximate surface area is 118 Å². The molecule has 1 aliphatic carbocycles. The number of carboxylic acids is 1. The highest BCUT2D eigenvalue weighted by Crippen LogP contribution is 2.31. The predicted molar refractivity (Wildman–Crippen MR) is 71.1 cm³/mol. The van der Waals surface area contributed by atoms with E-state index in [2.05, 4.69) is 10.1 Å². The van der Waals surface area contributed by atoms with E-state index in [1.807, 2.05) is 0 Å². The number of aliphatic carboxylic acids is 1. The van der Waals surface area contributed by atoms with Crippen LogP contribution in [0.1, 0.15) is 25.7 Å². The maximum atomic E-state index is 11.8. The summed E-state index contributed by atoms with van der Waals surface area (Å²) in [5, 5.41) is 11.8. The predicted octanol–water partition coefficient (Wildman–Crippen LogP) is 0.692. The van der Waals surface area contributed by atoms with Crippen molar-refractivity contribution in [3.05, 3.63) is 0 Å². The minimum atomic E-state index is -0.791. The number of hydrogen-bond acceptors (Lipinski definition) is 4. The van der Waals surface area contributed by atoms with Crippen LogP contribution in [0.2, 0.25) is 0 Å². The lowest BCUT2D eigenvalue weighted by atomic mass is 9.96. The zero-order valence-corrected chi connectivity index (χ0v) is 11.9. The Hall–Kier alpha value is -1.79. The zero-order valence-electron chi connectivity index (χ0n) is 11.9. The quantitative estimate of drug-likeness (QED) is 0.700. The van der Waals surface area contributed by atoms with E-state index in [-0.39, 0.29) is 36.8 Å². The molecular formula is C13H22N2O5. The second-order valence-corrected chi connectivity index (χ2v) is 5.07. The van der Waals surface area contributed by atoms with Gasteiger partial charge in [0.05, 0.1) is 19.4 Å². The average molecular weight is 286 g/mol. The second kappa shape index (κ2) is 7.72. The number of carbonyl (C=O) groups excluding carboxylic acids is 2. The number of ether oxygens (including phenoxy) is 1. The standard InChI is InChI=1S/C13H22N2O5/c1-15(7-6-11(16)20-2)13(19)14-8-9-4-3-5-10(9)12(17)18/h9-10H,3-8H2,1-2H3,(H,14,19)(H,17,18). The van der Waals surface area contributed by atoms with E-state index < -0.39 is 5.97 Å². The van der Waals surface area contributed by atoms with E-state index in [4.69, 9.17) is 5.11 Å². The number of nitrogens with zero attached hydrogens (tertiary/aromatic N) is 1. The van der Waals surface area contributed by atoms with Gasteiger partial charge in [0, 0.05) is 20.1 Å². The van der Waals surface area contributed by atoms with Gasteiger partial charge in [-0.15, -0.1) is 0 Å². The van der Waals surface area contributed by atoms with Crippen molar-refractivity contribution in [1.82, 2.24) is 10.2 Å². The van der Waals surface area contributed by atoms with Gasteiger partial charge in [-0.05, 0) is 18.8 Å². The Morgan fingerprint density at radius 1 is 1.35 bits per heavy atom. The molecule has 1 rings (SSSR count). The van der Waals surface area contributed by atoms with Crippen molar-refractivity contribution in [3.8, 4) is 0 Å². The van der Waals surface area contributed by atoms with Crippen LogP contribution in [0.4, 0.5) is 4.79 Å². The van der Waals surface area contributed by atoms with Gasteiger partial charge < -0.3 is 20.1 Å². The Morgan fingerprint density at radius 3 is 2.65 bits per heavy atom. The van der Waals surface area contributed by atoms with Crippen LogP contribution in [0.25, 0.3) is 0 Å². The van der Waals surface area contributed by atoms with Gasteiger partial charge >= 0.3 is 18.0 Å². The van der Waals surface area contributed by atoms with Gasteiger partial charge in [0.2, 0.25) is 0 Å². The fraction of sp³-hybridized carbons (Fsp3) is 0.769. The van der Waals surface area contributed by atoms with Crippen LogP contribution in [0.3, 0.4) is 0 Å². The Kier molecular flexibility index (Phi) is 6.27. The lowest BCUT2D eigenvalue weighted by Crippen LogP contribution is -2.41. The highest BCUT2D eigenvalue weighted by atomic mass is 16.5. The molecule has 2 amide bonds. The fourth-order valence-electron chi connectivity index (χ4n) is 2.42. The van der Waals surface area contributed by atoms with E-state index >= 15 is 0 Å². The summed E-state index contributed by atoms with van der Waals surface area (Å²) < 4.78 is 4.50. The molecule has 2 unspecified atom stereocenters. The van der Waals surface area contributed by atoms with Crippen LogP contribution in [0.15, 0.2) is 0 Å². The third-order valence-corrected chi connectivity index (χ3v) is 3.72. The van der Waals surface area contributed by atoms with Gasteiger partial charge in [-0.3, -0.25) is 9.59 Å². The first-order valence-electron chi connectivity index (χ1n) is 6.74. The first-order chi connectivity index (χ1) is 9.45. The van der Waals surface area contributed by atoms with Crippen molar-refractivity contribution in [2.45, 2.75) is 25.7 Å². The molecule has 1 saturated carbocycles. The van der Waals surface area contributed by atoms with Crippen molar-refractivity contribution in [1.29, 1.82) is 0 Å². The largest absolute Gasteiger partial charge is 0.481 e. The molecule has 114 valence electrons. The van der Waals surface area contributed by atoms with Crippen LogP contribution in [0, 0.1) is 11.8 Å². The molecule has 0 bridgehead atoms. The highest BCUT2D eigenvalue weighted by Gasteiger charge is 2.33. The van der Waals surface area contributed by atoms with E-state index in [9.17, 15) is 14.4 Å². The normalized spacial score (nSPS) is 21.3. The van der Waals surface area contributed by atoms with Crippen molar-refractivity contribution in [2.24, 2.45) is 11.8 Å². The monoisotopic (exact) mass is 286 g/mol. The van der Waals surface area contributed by atoms with Gasteiger partial charge in [0.1, 0.15) is 0 Å². The van der Waals surface area contributed by atoms with E-state index in [1.165, 1.54) is 12.0 Å². The van der Waals surface area contributed by atoms with Crippen LogP contribution in [0.5, 0.6) is 0 Å². The van der Waals surface area contributed by atoms with Crippen molar-refractivity contribution in [2.75, 3.05) is 27.2 Å². The molecule has 0 aromatic carbocycles. The number of carboxylic acid groups (broad SMARTS) is 1. The number of amides is 2. The minimum absolute atomic E-state index is 0.00884. The number of esters is 1. The van der Waals surface area contributed by atoms with Gasteiger partial charge in [-0.25, -0.2) is 4.79 Å². The number of rotatable bonds is 6. The number of nitrogens with one attached hydrogen (secondary N) is 1. The van der Waals surface area contributed by atoms with Crippen LogP contribution in [-0.4, -0.2) is 55.2 Å². The topological polar surface area (TPSA) is 95.9 Å². The molecule has 1 fully saturated rings. The molecule has 2 N–H and O–H groups in total. The lowest BCUT2D eigenvalue weighted by molar-refractivity contribution is -0.143. The van der Waals surface area contributed by atoms with Crippen LogP contribution >= 0.6 is 0 Å². The molecule has 0 aromatic heterocycles. The molecule has 0 saturated heterocycles. The first kappa shape index (κ1) is 16.3. The van der Waals surface area contributed by atoms with Crippen LogP contribution < -0.4 is 5.32 Å². The molecule has 0 spiro atoms. The van der Waals surface area contributed by atoms with E-state index in [0.717, 1.165) is 12.8 Å². The smallest absolute Gasteiger partial charge is 0.317 e. The third kappa shape index (κ3) is 4.71. The Balaban J connectivity index is 2.31. The van der Waals surface area contributed by atoms with Gasteiger partial charge in [-0.1, -0.05) is 6.42 Å². The second-order valence-electron chi connectivity index (χ2n) is 5.07. The summed E-state index contributed by atoms with van der Waals surface area (Å²) >= 11 is 0. The van der Waals surface area contributed by atoms with Crippen molar-refractivity contribution in [3.63, 3.8) is 0 Å². The van der Waals surface area contributed by atoms with E-state index in [1.54, 1.807) is 7.05 Å². The van der Waals surface area contributed by atoms with Gasteiger partial charge in [-0.2, -0.15) is 0 Å². The summed E-state index contributed by atoms with van der Waals surface area (Å²) in [6, 6.07) is -0.301. The number of urea groups is 1. The molecule has 7 nitrogen and oxygen atoms in total. The van der Waals surface area contributed by atoms with Crippen LogP contribution in [-0.2, 0) is 14.3 Å². The summed E-state index contributed by atoms with van der Waals surface area (Å²) in [5.41, 5.74) is 0. The van der Waals surface area contributed by atoms with Crippen molar-refractivity contribution < 1.29 is 24.2 Å². The van der Waals surface area contributed by atoms with Gasteiger partial charge in [0.15, 0.2) is 0 Å². The average Bonchev–Trinajstić information content (AvgIpc) is 2.90. The molecule has 0 heterocycles. The highest BCUT2D eigenvalue weighted by molar-refractivity contribution is 5.75. The zero-order chi connectivity index (χ0) is 15.1. The number of hydrogen-bond donors (Lipinski definition) is 2. The summed E-state index contributed by atoms with van der Waals surface area (Å²) in [4.78, 5) is 35.2. The number of carbonyl (C=O) groups is 3. The maximum Gasteiger partial charge on any atom is 0.317 e. The molecule has 0 aromatic rings. The Morgan fingerprint density at radius 2 is 2.05 bits per heavy atom. The summed E-state index contributed by atoms with van der Waals surface area (Å²) in [6.07, 6.45) is 2.52. The van der Waals surface area contributed by atoms with Crippen molar-refractivity contribution >= 4 is 18.0 Å².